The molecule has 0 heterocycles. The zero-order valence-electron chi connectivity index (χ0n) is 10.8. The second-order valence-corrected chi connectivity index (χ2v) is 6.46. The highest BCUT2D eigenvalue weighted by molar-refractivity contribution is 5.02. The molecule has 2 N–H and O–H groups in total. The number of rotatable bonds is 5. The molecule has 4 aliphatic carbocycles. The number of hydrogen-bond acceptors (Lipinski definition) is 3. The van der Waals surface area contributed by atoms with Crippen LogP contribution in [0.1, 0.15) is 32.1 Å². The lowest BCUT2D eigenvalue weighted by Gasteiger charge is -2.55. The lowest BCUT2D eigenvalue weighted by atomic mass is 9.54. The van der Waals surface area contributed by atoms with Gasteiger partial charge in [0.25, 0.3) is 0 Å². The maximum atomic E-state index is 9.37. The predicted molar refractivity (Wildman–Crippen MR) is 66.7 cm³/mol. The molecule has 0 amide bonds. The summed E-state index contributed by atoms with van der Waals surface area (Å²) in [4.78, 5) is 0. The zero-order valence-corrected chi connectivity index (χ0v) is 10.8. The van der Waals surface area contributed by atoms with Crippen molar-refractivity contribution in [1.82, 2.24) is 5.32 Å². The molecule has 0 aromatic heterocycles. The summed E-state index contributed by atoms with van der Waals surface area (Å²) in [6, 6.07) is 0.776. The van der Waals surface area contributed by atoms with Crippen molar-refractivity contribution in [3.05, 3.63) is 0 Å². The SMILES string of the molecule is COCC(CO)NC1C2CC3CC(C2)CC1C3. The van der Waals surface area contributed by atoms with Crippen molar-refractivity contribution in [3.8, 4) is 0 Å². The van der Waals surface area contributed by atoms with E-state index >= 15 is 0 Å². The topological polar surface area (TPSA) is 41.5 Å². The number of aliphatic hydroxyl groups excluding tert-OH is 1. The molecule has 4 saturated carbocycles. The first-order valence-electron chi connectivity index (χ1n) is 7.16. The lowest BCUT2D eigenvalue weighted by molar-refractivity contribution is -0.0246. The molecule has 0 radical (unpaired) electrons. The molecular weight excluding hydrogens is 214 g/mol. The second kappa shape index (κ2) is 4.87. The van der Waals surface area contributed by atoms with E-state index in [0.717, 1.165) is 23.7 Å². The summed E-state index contributed by atoms with van der Waals surface area (Å²) in [5, 5.41) is 13.0. The molecule has 0 saturated heterocycles. The van der Waals surface area contributed by atoms with E-state index in [4.69, 9.17) is 4.74 Å². The minimum atomic E-state index is 0.127. The summed E-state index contributed by atoms with van der Waals surface area (Å²) in [6.45, 7) is 0.815. The molecule has 0 spiro atoms. The van der Waals surface area contributed by atoms with Crippen molar-refractivity contribution in [2.45, 2.75) is 44.2 Å². The van der Waals surface area contributed by atoms with Crippen LogP contribution in [0.5, 0.6) is 0 Å². The Hall–Kier alpha value is -0.120. The Labute approximate surface area is 104 Å². The fourth-order valence-corrected chi connectivity index (χ4v) is 4.82. The lowest BCUT2D eigenvalue weighted by Crippen LogP contribution is -2.58. The van der Waals surface area contributed by atoms with Crippen molar-refractivity contribution >= 4 is 0 Å². The van der Waals surface area contributed by atoms with E-state index in [0.29, 0.717) is 12.6 Å². The maximum Gasteiger partial charge on any atom is 0.0638 e. The number of methoxy groups -OCH3 is 1. The number of aliphatic hydroxyl groups is 1. The van der Waals surface area contributed by atoms with Crippen LogP contribution in [0.15, 0.2) is 0 Å². The Morgan fingerprint density at radius 2 is 1.71 bits per heavy atom. The molecule has 3 heteroatoms. The fourth-order valence-electron chi connectivity index (χ4n) is 4.82. The van der Waals surface area contributed by atoms with E-state index in [2.05, 4.69) is 5.32 Å². The molecule has 98 valence electrons. The van der Waals surface area contributed by atoms with Crippen molar-refractivity contribution in [2.24, 2.45) is 23.7 Å². The molecule has 1 unspecified atom stereocenters. The van der Waals surface area contributed by atoms with Gasteiger partial charge in [-0.05, 0) is 55.8 Å². The van der Waals surface area contributed by atoms with Gasteiger partial charge in [-0.15, -0.1) is 0 Å². The maximum absolute atomic E-state index is 9.37. The van der Waals surface area contributed by atoms with Crippen molar-refractivity contribution in [3.63, 3.8) is 0 Å². The first kappa shape index (κ1) is 11.9. The Kier molecular flexibility index (Phi) is 3.42. The quantitative estimate of drug-likeness (QED) is 0.762. The van der Waals surface area contributed by atoms with Gasteiger partial charge in [-0.2, -0.15) is 0 Å². The summed E-state index contributed by atoms with van der Waals surface area (Å²) in [5.74, 6) is 3.78. The summed E-state index contributed by atoms with van der Waals surface area (Å²) in [7, 11) is 1.71. The van der Waals surface area contributed by atoms with Crippen LogP contribution >= 0.6 is 0 Å². The molecule has 1 atom stereocenters. The van der Waals surface area contributed by atoms with Gasteiger partial charge in [-0.3, -0.25) is 0 Å². The molecule has 3 nitrogen and oxygen atoms in total. The van der Waals surface area contributed by atoms with Crippen molar-refractivity contribution in [1.29, 1.82) is 0 Å². The van der Waals surface area contributed by atoms with Gasteiger partial charge < -0.3 is 15.2 Å². The van der Waals surface area contributed by atoms with Crippen LogP contribution in [0.25, 0.3) is 0 Å². The largest absolute Gasteiger partial charge is 0.395 e. The monoisotopic (exact) mass is 239 g/mol. The molecule has 4 rings (SSSR count). The number of nitrogens with one attached hydrogen (secondary N) is 1. The summed E-state index contributed by atoms with van der Waals surface area (Å²) >= 11 is 0. The van der Waals surface area contributed by atoms with E-state index < -0.39 is 0 Å². The van der Waals surface area contributed by atoms with Crippen molar-refractivity contribution in [2.75, 3.05) is 20.3 Å². The van der Waals surface area contributed by atoms with Gasteiger partial charge in [-0.1, -0.05) is 0 Å². The third kappa shape index (κ3) is 2.25. The molecular formula is C14H25NO2. The third-order valence-electron chi connectivity index (χ3n) is 5.24. The number of hydrogen-bond donors (Lipinski definition) is 2. The normalized spacial score (nSPS) is 45.2. The van der Waals surface area contributed by atoms with Crippen LogP contribution in [0.4, 0.5) is 0 Å². The average Bonchev–Trinajstić information content (AvgIpc) is 2.31. The Balaban J connectivity index is 1.63. The molecule has 0 aromatic carbocycles. The fraction of sp³-hybridized carbons (Fsp3) is 1.00. The minimum absolute atomic E-state index is 0.127. The minimum Gasteiger partial charge on any atom is -0.395 e. The molecule has 0 aromatic rings. The molecule has 0 aliphatic heterocycles. The van der Waals surface area contributed by atoms with Gasteiger partial charge in [0, 0.05) is 13.2 Å². The third-order valence-corrected chi connectivity index (χ3v) is 5.24. The van der Waals surface area contributed by atoms with Gasteiger partial charge in [0.1, 0.15) is 0 Å². The van der Waals surface area contributed by atoms with Gasteiger partial charge in [0.15, 0.2) is 0 Å². The summed E-state index contributed by atoms with van der Waals surface area (Å²) in [6.07, 6.45) is 7.21. The van der Waals surface area contributed by atoms with Gasteiger partial charge in [0.2, 0.25) is 0 Å². The van der Waals surface area contributed by atoms with Crippen LogP contribution in [-0.2, 0) is 4.74 Å². The molecule has 4 fully saturated rings. The second-order valence-electron chi connectivity index (χ2n) is 6.46. The molecule has 4 aliphatic rings. The molecule has 4 bridgehead atoms. The van der Waals surface area contributed by atoms with Crippen molar-refractivity contribution < 1.29 is 9.84 Å². The van der Waals surface area contributed by atoms with E-state index in [9.17, 15) is 5.11 Å². The van der Waals surface area contributed by atoms with E-state index in [1.165, 1.54) is 32.1 Å². The van der Waals surface area contributed by atoms with Gasteiger partial charge in [-0.25, -0.2) is 0 Å². The Morgan fingerprint density at radius 3 is 2.18 bits per heavy atom. The first-order valence-corrected chi connectivity index (χ1v) is 7.16. The Morgan fingerprint density at radius 1 is 1.12 bits per heavy atom. The van der Waals surface area contributed by atoms with Crippen LogP contribution in [0.3, 0.4) is 0 Å². The predicted octanol–water partition coefficient (Wildman–Crippen LogP) is 1.41. The standard InChI is InChI=1S/C14H25NO2/c1-17-8-13(7-16)15-14-11-3-9-2-10(5-11)6-12(14)4-9/h9-16H,2-8H2,1H3. The zero-order chi connectivity index (χ0) is 11.8. The van der Waals surface area contributed by atoms with Crippen LogP contribution in [0, 0.1) is 23.7 Å². The van der Waals surface area contributed by atoms with E-state index in [1.807, 2.05) is 0 Å². The van der Waals surface area contributed by atoms with E-state index in [-0.39, 0.29) is 12.6 Å². The summed E-state index contributed by atoms with van der Waals surface area (Å²) in [5.41, 5.74) is 0. The first-order chi connectivity index (χ1) is 8.30. The highest BCUT2D eigenvalue weighted by Gasteiger charge is 2.48. The highest BCUT2D eigenvalue weighted by Crippen LogP contribution is 2.53. The van der Waals surface area contributed by atoms with Crippen LogP contribution in [-0.4, -0.2) is 37.5 Å². The number of ether oxygens (including phenoxy) is 1. The summed E-state index contributed by atoms with van der Waals surface area (Å²) < 4.78 is 5.17. The molecule has 17 heavy (non-hydrogen) atoms. The van der Waals surface area contributed by atoms with Crippen LogP contribution < -0.4 is 5.32 Å². The average molecular weight is 239 g/mol. The van der Waals surface area contributed by atoms with Gasteiger partial charge >= 0.3 is 0 Å². The smallest absolute Gasteiger partial charge is 0.0638 e. The van der Waals surface area contributed by atoms with E-state index in [1.54, 1.807) is 7.11 Å². The highest BCUT2D eigenvalue weighted by atomic mass is 16.5. The Bertz CT molecular complexity index is 241. The van der Waals surface area contributed by atoms with Crippen LogP contribution in [0.2, 0.25) is 0 Å². The van der Waals surface area contributed by atoms with Gasteiger partial charge in [0.05, 0.1) is 19.3 Å².